The fourth-order valence-corrected chi connectivity index (χ4v) is 6.80. The van der Waals surface area contributed by atoms with Gasteiger partial charge in [-0.1, -0.05) is 24.3 Å². The molecule has 1 amide bonds. The molecular formula is C25H17F2N3O4S. The summed E-state index contributed by atoms with van der Waals surface area (Å²) >= 11 is 1.38. The van der Waals surface area contributed by atoms with Gasteiger partial charge in [-0.3, -0.25) is 19.3 Å². The number of hydrogen-bond acceptors (Lipinski definition) is 6. The lowest BCUT2D eigenvalue weighted by Gasteiger charge is -2.50. The van der Waals surface area contributed by atoms with Crippen molar-refractivity contribution in [3.8, 4) is 16.2 Å². The number of aromatic nitrogens is 1. The maximum atomic E-state index is 15.3. The molecule has 35 heavy (non-hydrogen) atoms. The quantitative estimate of drug-likeness (QED) is 0.439. The van der Waals surface area contributed by atoms with Gasteiger partial charge in [-0.05, 0) is 23.1 Å². The molecule has 0 spiro atoms. The third-order valence-electron chi connectivity index (χ3n) is 7.00. The number of pyridine rings is 1. The van der Waals surface area contributed by atoms with E-state index in [1.54, 1.807) is 11.0 Å². The number of fused-ring (bicyclic) bond motifs is 7. The highest BCUT2D eigenvalue weighted by atomic mass is 32.1. The number of morpholine rings is 1. The predicted octanol–water partition coefficient (Wildman–Crippen LogP) is 3.57. The van der Waals surface area contributed by atoms with E-state index in [1.807, 2.05) is 29.3 Å². The van der Waals surface area contributed by atoms with Crippen LogP contribution in [0.4, 0.5) is 8.78 Å². The van der Waals surface area contributed by atoms with Crippen molar-refractivity contribution in [2.75, 3.05) is 24.8 Å². The highest BCUT2D eigenvalue weighted by Crippen LogP contribution is 2.55. The van der Waals surface area contributed by atoms with E-state index in [4.69, 9.17) is 4.74 Å². The fourth-order valence-electron chi connectivity index (χ4n) is 5.51. The van der Waals surface area contributed by atoms with Crippen molar-refractivity contribution in [2.45, 2.75) is 12.2 Å². The number of thiophene rings is 1. The molecule has 2 aromatic heterocycles. The Hall–Kier alpha value is -3.76. The van der Waals surface area contributed by atoms with Crippen LogP contribution in [-0.4, -0.2) is 46.5 Å². The lowest BCUT2D eigenvalue weighted by Crippen LogP contribution is -2.66. The first-order chi connectivity index (χ1) is 17.0. The lowest BCUT2D eigenvalue weighted by molar-refractivity contribution is -0.0195. The topological polar surface area (TPSA) is 75.0 Å². The van der Waals surface area contributed by atoms with Gasteiger partial charge in [-0.2, -0.15) is 0 Å². The molecule has 2 atom stereocenters. The molecule has 2 aliphatic heterocycles. The Morgan fingerprint density at radius 2 is 1.91 bits per heavy atom. The van der Waals surface area contributed by atoms with E-state index in [0.29, 0.717) is 17.0 Å². The molecule has 3 aliphatic rings. The summed E-state index contributed by atoms with van der Waals surface area (Å²) in [7, 11) is 0. The average molecular weight is 493 g/mol. The summed E-state index contributed by atoms with van der Waals surface area (Å²) in [6.45, 7) is 0.740. The Bertz CT molecular complexity index is 1630. The van der Waals surface area contributed by atoms with Gasteiger partial charge in [0.25, 0.3) is 5.91 Å². The molecule has 0 saturated carbocycles. The number of nitrogens with zero attached hydrogens (tertiary/aromatic N) is 3. The predicted molar refractivity (Wildman–Crippen MR) is 125 cm³/mol. The summed E-state index contributed by atoms with van der Waals surface area (Å²) in [4.78, 5) is 27.8. The number of rotatable bonds is 1. The third-order valence-corrected chi connectivity index (χ3v) is 8.20. The van der Waals surface area contributed by atoms with Crippen molar-refractivity contribution in [1.82, 2.24) is 9.58 Å². The van der Waals surface area contributed by atoms with E-state index < -0.39 is 40.9 Å². The van der Waals surface area contributed by atoms with Crippen molar-refractivity contribution in [1.29, 1.82) is 0 Å². The minimum Gasteiger partial charge on any atom is -0.502 e. The molecule has 7 rings (SSSR count). The molecular weight excluding hydrogens is 476 g/mol. The molecule has 1 N–H and O–H groups in total. The zero-order valence-corrected chi connectivity index (χ0v) is 18.9. The second-order valence-electron chi connectivity index (χ2n) is 8.73. The maximum Gasteiger partial charge on any atom is 0.278 e. The molecule has 4 heterocycles. The molecule has 0 radical (unpaired) electrons. The van der Waals surface area contributed by atoms with Crippen molar-refractivity contribution >= 4 is 27.3 Å². The molecule has 1 fully saturated rings. The summed E-state index contributed by atoms with van der Waals surface area (Å²) in [6, 6.07) is 10.9. The number of amides is 1. The molecule has 176 valence electrons. The summed E-state index contributed by atoms with van der Waals surface area (Å²) in [5.41, 5.74) is 0.692. The molecule has 0 bridgehead atoms. The summed E-state index contributed by atoms with van der Waals surface area (Å²) in [6.07, 6.45) is 0.842. The van der Waals surface area contributed by atoms with Gasteiger partial charge in [0.2, 0.25) is 5.43 Å². The molecule has 1 aliphatic carbocycles. The first kappa shape index (κ1) is 20.6. The number of aromatic hydroxyl groups is 1. The standard InChI is InChI=1S/C25H17F2N3O4S/c26-14-6-5-13-18(20(14)27)24-19(12-3-1-2-4-16(12)35-24)21(13)30-17-11-34-10-9-28(17)25(33)22-23(32)15(31)7-8-29(22)30/h1-8,17,21,32H,9-11H2. The van der Waals surface area contributed by atoms with Gasteiger partial charge in [-0.15, -0.1) is 11.3 Å². The van der Waals surface area contributed by atoms with Crippen LogP contribution in [0.3, 0.4) is 0 Å². The van der Waals surface area contributed by atoms with Crippen molar-refractivity contribution in [3.63, 3.8) is 0 Å². The Morgan fingerprint density at radius 1 is 1.09 bits per heavy atom. The molecule has 7 nitrogen and oxygen atoms in total. The second-order valence-corrected chi connectivity index (χ2v) is 9.78. The Kier molecular flexibility index (Phi) is 4.19. The van der Waals surface area contributed by atoms with Crippen LogP contribution in [-0.2, 0) is 4.74 Å². The van der Waals surface area contributed by atoms with Crippen LogP contribution in [0.5, 0.6) is 5.75 Å². The van der Waals surface area contributed by atoms with Gasteiger partial charge in [0.1, 0.15) is 12.2 Å². The van der Waals surface area contributed by atoms with Crippen LogP contribution in [0.2, 0.25) is 0 Å². The van der Waals surface area contributed by atoms with Gasteiger partial charge in [0.05, 0.1) is 13.2 Å². The summed E-state index contributed by atoms with van der Waals surface area (Å²) in [5, 5.41) is 13.3. The van der Waals surface area contributed by atoms with Gasteiger partial charge in [-0.25, -0.2) is 8.78 Å². The maximum absolute atomic E-state index is 15.3. The van der Waals surface area contributed by atoms with Gasteiger partial charge in [0, 0.05) is 39.5 Å². The smallest absolute Gasteiger partial charge is 0.278 e. The molecule has 1 saturated heterocycles. The Morgan fingerprint density at radius 3 is 2.77 bits per heavy atom. The van der Waals surface area contributed by atoms with E-state index in [0.717, 1.165) is 21.7 Å². The number of ether oxygens (including phenoxy) is 1. The summed E-state index contributed by atoms with van der Waals surface area (Å²) < 4.78 is 37.8. The monoisotopic (exact) mass is 493 g/mol. The van der Waals surface area contributed by atoms with Crippen molar-refractivity contribution in [3.05, 3.63) is 87.3 Å². The minimum absolute atomic E-state index is 0.159. The Labute approximate surface area is 201 Å². The van der Waals surface area contributed by atoms with Gasteiger partial charge < -0.3 is 14.7 Å². The van der Waals surface area contributed by atoms with Crippen molar-refractivity contribution in [2.24, 2.45) is 0 Å². The number of halogens is 2. The van der Waals surface area contributed by atoms with Crippen LogP contribution in [0, 0.1) is 11.6 Å². The number of carbonyl (C=O) groups is 1. The van der Waals surface area contributed by atoms with Crippen LogP contribution in [0.15, 0.2) is 53.5 Å². The molecule has 2 aromatic carbocycles. The second kappa shape index (κ2) is 7.12. The SMILES string of the molecule is O=C1c2c(O)c(=O)ccn2N(C2c3ccc(F)c(F)c3-c3sc4ccccc4c32)C2COCCN12. The largest absolute Gasteiger partial charge is 0.502 e. The van der Waals surface area contributed by atoms with E-state index in [1.165, 1.54) is 28.3 Å². The Balaban J connectivity index is 1.57. The van der Waals surface area contributed by atoms with E-state index in [-0.39, 0.29) is 24.4 Å². The van der Waals surface area contributed by atoms with E-state index >= 15 is 4.39 Å². The zero-order chi connectivity index (χ0) is 24.0. The van der Waals surface area contributed by atoms with Gasteiger partial charge in [0.15, 0.2) is 23.1 Å². The fraction of sp³-hybridized carbons (Fsp3) is 0.200. The highest BCUT2D eigenvalue weighted by molar-refractivity contribution is 7.22. The third kappa shape index (κ3) is 2.60. The first-order valence-electron chi connectivity index (χ1n) is 11.1. The molecule has 10 heteroatoms. The minimum atomic E-state index is -0.939. The molecule has 2 unspecified atom stereocenters. The zero-order valence-electron chi connectivity index (χ0n) is 18.1. The first-order valence-corrected chi connectivity index (χ1v) is 11.9. The van der Waals surface area contributed by atoms with Crippen LogP contribution in [0.25, 0.3) is 20.5 Å². The van der Waals surface area contributed by atoms with E-state index in [9.17, 15) is 19.1 Å². The highest BCUT2D eigenvalue weighted by Gasteiger charge is 2.48. The average Bonchev–Trinajstić information content (AvgIpc) is 3.39. The number of carbonyl (C=O) groups excluding carboxylic acids is 1. The van der Waals surface area contributed by atoms with Gasteiger partial charge >= 0.3 is 0 Å². The number of benzene rings is 2. The van der Waals surface area contributed by atoms with Crippen LogP contribution >= 0.6 is 11.3 Å². The normalized spacial score (nSPS) is 20.6. The van der Waals surface area contributed by atoms with Crippen LogP contribution in [0.1, 0.15) is 27.7 Å². The summed E-state index contributed by atoms with van der Waals surface area (Å²) in [5.74, 6) is -2.99. The molecule has 4 aromatic rings. The van der Waals surface area contributed by atoms with Crippen LogP contribution < -0.4 is 10.4 Å². The van der Waals surface area contributed by atoms with Crippen molar-refractivity contribution < 1.29 is 23.4 Å². The number of hydrogen-bond donors (Lipinski definition) is 1. The lowest BCUT2D eigenvalue weighted by atomic mass is 10.0. The van der Waals surface area contributed by atoms with E-state index in [2.05, 4.69) is 0 Å².